The van der Waals surface area contributed by atoms with Gasteiger partial charge in [0.1, 0.15) is 5.75 Å². The van der Waals surface area contributed by atoms with Gasteiger partial charge in [-0.25, -0.2) is 0 Å². The van der Waals surface area contributed by atoms with Gasteiger partial charge in [0.25, 0.3) is 0 Å². The number of carbonyl (C=O) groups is 1. The highest BCUT2D eigenvalue weighted by Gasteiger charge is 2.13. The molecule has 0 spiro atoms. The van der Waals surface area contributed by atoms with Crippen LogP contribution in [0, 0.1) is 0 Å². The van der Waals surface area contributed by atoms with E-state index in [0.29, 0.717) is 36.1 Å². The van der Waals surface area contributed by atoms with Crippen molar-refractivity contribution in [1.82, 2.24) is 0 Å². The molecular formula is C14H21ClN2O3. The second kappa shape index (κ2) is 8.79. The van der Waals surface area contributed by atoms with Crippen molar-refractivity contribution in [2.75, 3.05) is 25.6 Å². The summed E-state index contributed by atoms with van der Waals surface area (Å²) in [5, 5.41) is 3.18. The molecule has 1 aromatic rings. The molecule has 0 aliphatic heterocycles. The van der Waals surface area contributed by atoms with E-state index in [4.69, 9.17) is 26.8 Å². The standard InChI is InChI=1S/C14H21ClN2O3/c1-3-7-20-13-5-4-10(9-11(13)15)17-14(18)12(16)6-8-19-2/h4-5,9,12H,3,6-8,16H2,1-2H3,(H,17,18). The van der Waals surface area contributed by atoms with Crippen molar-refractivity contribution in [3.05, 3.63) is 23.2 Å². The van der Waals surface area contributed by atoms with Crippen molar-refractivity contribution in [3.63, 3.8) is 0 Å². The maximum absolute atomic E-state index is 11.8. The predicted octanol–water partition coefficient (Wildman–Crippen LogP) is 2.43. The zero-order valence-corrected chi connectivity index (χ0v) is 12.6. The zero-order valence-electron chi connectivity index (χ0n) is 11.8. The highest BCUT2D eigenvalue weighted by Crippen LogP contribution is 2.27. The molecule has 1 rings (SSSR count). The first-order chi connectivity index (χ1) is 9.58. The van der Waals surface area contributed by atoms with Crippen molar-refractivity contribution < 1.29 is 14.3 Å². The summed E-state index contributed by atoms with van der Waals surface area (Å²) in [5.41, 5.74) is 6.33. The average molecular weight is 301 g/mol. The number of benzene rings is 1. The van der Waals surface area contributed by atoms with Gasteiger partial charge in [-0.3, -0.25) is 4.79 Å². The maximum Gasteiger partial charge on any atom is 0.241 e. The number of hydrogen-bond acceptors (Lipinski definition) is 4. The molecule has 112 valence electrons. The third kappa shape index (κ3) is 5.36. The van der Waals surface area contributed by atoms with Gasteiger partial charge in [0.05, 0.1) is 17.7 Å². The summed E-state index contributed by atoms with van der Waals surface area (Å²) in [7, 11) is 1.57. The molecule has 0 fully saturated rings. The quantitative estimate of drug-likeness (QED) is 0.773. The van der Waals surface area contributed by atoms with E-state index in [0.717, 1.165) is 6.42 Å². The fraction of sp³-hybridized carbons (Fsp3) is 0.500. The van der Waals surface area contributed by atoms with E-state index in [-0.39, 0.29) is 5.91 Å². The normalized spacial score (nSPS) is 12.0. The van der Waals surface area contributed by atoms with E-state index in [1.807, 2.05) is 6.92 Å². The van der Waals surface area contributed by atoms with Crippen LogP contribution in [0.4, 0.5) is 5.69 Å². The van der Waals surface area contributed by atoms with Crippen molar-refractivity contribution in [3.8, 4) is 5.75 Å². The van der Waals surface area contributed by atoms with Gasteiger partial charge >= 0.3 is 0 Å². The second-order valence-electron chi connectivity index (χ2n) is 4.37. The Morgan fingerprint density at radius 3 is 2.80 bits per heavy atom. The molecule has 0 heterocycles. The van der Waals surface area contributed by atoms with E-state index < -0.39 is 6.04 Å². The second-order valence-corrected chi connectivity index (χ2v) is 4.78. The highest BCUT2D eigenvalue weighted by atomic mass is 35.5. The summed E-state index contributed by atoms with van der Waals surface area (Å²) in [4.78, 5) is 11.8. The van der Waals surface area contributed by atoms with Crippen LogP contribution in [0.15, 0.2) is 18.2 Å². The van der Waals surface area contributed by atoms with E-state index in [1.165, 1.54) is 0 Å². The Morgan fingerprint density at radius 1 is 1.45 bits per heavy atom. The smallest absolute Gasteiger partial charge is 0.241 e. The molecule has 6 heteroatoms. The minimum Gasteiger partial charge on any atom is -0.492 e. The predicted molar refractivity (Wildman–Crippen MR) is 80.3 cm³/mol. The van der Waals surface area contributed by atoms with Crippen LogP contribution in [0.5, 0.6) is 5.75 Å². The van der Waals surface area contributed by atoms with E-state index in [9.17, 15) is 4.79 Å². The van der Waals surface area contributed by atoms with Crippen molar-refractivity contribution >= 4 is 23.2 Å². The number of halogens is 1. The molecular weight excluding hydrogens is 280 g/mol. The van der Waals surface area contributed by atoms with Crippen LogP contribution >= 0.6 is 11.6 Å². The summed E-state index contributed by atoms with van der Waals surface area (Å²) in [6, 6.07) is 4.50. The molecule has 0 saturated carbocycles. The number of nitrogens with one attached hydrogen (secondary N) is 1. The number of ether oxygens (including phenoxy) is 2. The number of carbonyl (C=O) groups excluding carboxylic acids is 1. The zero-order chi connectivity index (χ0) is 15.0. The number of methoxy groups -OCH3 is 1. The fourth-order valence-electron chi connectivity index (χ4n) is 1.52. The number of hydrogen-bond donors (Lipinski definition) is 2. The van der Waals surface area contributed by atoms with Gasteiger partial charge in [-0.2, -0.15) is 0 Å². The number of amides is 1. The van der Waals surface area contributed by atoms with Gasteiger partial charge < -0.3 is 20.5 Å². The van der Waals surface area contributed by atoms with Crippen LogP contribution < -0.4 is 15.8 Å². The Balaban J connectivity index is 2.60. The Kier molecular flexibility index (Phi) is 7.36. The van der Waals surface area contributed by atoms with E-state index in [1.54, 1.807) is 25.3 Å². The summed E-state index contributed by atoms with van der Waals surface area (Å²) < 4.78 is 10.3. The Morgan fingerprint density at radius 2 is 2.20 bits per heavy atom. The van der Waals surface area contributed by atoms with Crippen molar-refractivity contribution in [1.29, 1.82) is 0 Å². The number of nitrogens with two attached hydrogens (primary N) is 1. The largest absolute Gasteiger partial charge is 0.492 e. The lowest BCUT2D eigenvalue weighted by Gasteiger charge is -2.13. The van der Waals surface area contributed by atoms with E-state index >= 15 is 0 Å². The highest BCUT2D eigenvalue weighted by molar-refractivity contribution is 6.32. The summed E-state index contributed by atoms with van der Waals surface area (Å²) in [6.07, 6.45) is 1.37. The maximum atomic E-state index is 11.8. The summed E-state index contributed by atoms with van der Waals surface area (Å²) >= 11 is 6.08. The first-order valence-corrected chi connectivity index (χ1v) is 6.94. The summed E-state index contributed by atoms with van der Waals surface area (Å²) in [5.74, 6) is 0.343. The third-order valence-corrected chi connectivity index (χ3v) is 2.93. The molecule has 3 N–H and O–H groups in total. The lowest BCUT2D eigenvalue weighted by Crippen LogP contribution is -2.36. The SMILES string of the molecule is CCCOc1ccc(NC(=O)C(N)CCOC)cc1Cl. The molecule has 5 nitrogen and oxygen atoms in total. The number of rotatable bonds is 8. The van der Waals surface area contributed by atoms with Crippen molar-refractivity contribution in [2.45, 2.75) is 25.8 Å². The van der Waals surface area contributed by atoms with Crippen molar-refractivity contribution in [2.24, 2.45) is 5.73 Å². The van der Waals surface area contributed by atoms with Gasteiger partial charge in [0, 0.05) is 19.4 Å². The molecule has 1 amide bonds. The topological polar surface area (TPSA) is 73.6 Å². The van der Waals surface area contributed by atoms with Gasteiger partial charge in [-0.15, -0.1) is 0 Å². The van der Waals surface area contributed by atoms with Crippen LogP contribution in [-0.4, -0.2) is 32.3 Å². The molecule has 1 unspecified atom stereocenters. The van der Waals surface area contributed by atoms with Crippen LogP contribution in [-0.2, 0) is 9.53 Å². The molecule has 0 saturated heterocycles. The molecule has 0 radical (unpaired) electrons. The molecule has 0 bridgehead atoms. The Bertz CT molecular complexity index is 440. The molecule has 20 heavy (non-hydrogen) atoms. The molecule has 0 aliphatic carbocycles. The monoisotopic (exact) mass is 300 g/mol. The molecule has 1 atom stereocenters. The van der Waals surface area contributed by atoms with Crippen LogP contribution in [0.25, 0.3) is 0 Å². The lowest BCUT2D eigenvalue weighted by atomic mass is 10.2. The first-order valence-electron chi connectivity index (χ1n) is 6.56. The van der Waals surface area contributed by atoms with Crippen LogP contribution in [0.3, 0.4) is 0 Å². The fourth-order valence-corrected chi connectivity index (χ4v) is 1.75. The number of anilines is 1. The third-order valence-electron chi connectivity index (χ3n) is 2.63. The van der Waals surface area contributed by atoms with Gasteiger partial charge in [-0.1, -0.05) is 18.5 Å². The van der Waals surface area contributed by atoms with Gasteiger partial charge in [-0.05, 0) is 31.0 Å². The summed E-state index contributed by atoms with van der Waals surface area (Å²) in [6.45, 7) is 3.07. The van der Waals surface area contributed by atoms with E-state index in [2.05, 4.69) is 5.32 Å². The van der Waals surface area contributed by atoms with Crippen LogP contribution in [0.2, 0.25) is 5.02 Å². The Labute approximate surface area is 124 Å². The molecule has 0 aromatic heterocycles. The Hall–Kier alpha value is -1.30. The minimum atomic E-state index is -0.607. The minimum absolute atomic E-state index is 0.264. The van der Waals surface area contributed by atoms with Crippen LogP contribution in [0.1, 0.15) is 19.8 Å². The average Bonchev–Trinajstić information content (AvgIpc) is 2.43. The van der Waals surface area contributed by atoms with Gasteiger partial charge in [0.2, 0.25) is 5.91 Å². The van der Waals surface area contributed by atoms with Gasteiger partial charge in [0.15, 0.2) is 0 Å². The lowest BCUT2D eigenvalue weighted by molar-refractivity contribution is -0.117. The molecule has 0 aliphatic rings. The molecule has 1 aromatic carbocycles. The first kappa shape index (κ1) is 16.8.